The van der Waals surface area contributed by atoms with Gasteiger partial charge >= 0.3 is 5.97 Å². The monoisotopic (exact) mass is 1100 g/mol. The zero-order chi connectivity index (χ0) is 60.6. The first kappa shape index (κ1) is 67.3. The summed E-state index contributed by atoms with van der Waals surface area (Å²) in [5.41, 5.74) is 4.91. The average molecular weight is 1100 g/mol. The third kappa shape index (κ3) is 21.2. The van der Waals surface area contributed by atoms with Gasteiger partial charge in [-0.25, -0.2) is 4.79 Å². The van der Waals surface area contributed by atoms with E-state index in [0.29, 0.717) is 19.0 Å². The van der Waals surface area contributed by atoms with E-state index in [0.717, 1.165) is 62.9 Å². The quantitative estimate of drug-likeness (QED) is 0.0443. The summed E-state index contributed by atoms with van der Waals surface area (Å²) in [6.45, 7) is 35.0. The maximum atomic E-state index is 11.3. The third-order valence-corrected chi connectivity index (χ3v) is 11.8. The molecule has 7 rings (SSSR count). The lowest BCUT2D eigenvalue weighted by Crippen LogP contribution is -2.15. The molecule has 79 heavy (non-hydrogen) atoms. The first-order valence-corrected chi connectivity index (χ1v) is 25.9. The minimum absolute atomic E-state index is 0.00347. The lowest BCUT2D eigenvalue weighted by molar-refractivity contribution is 0.0504. The Balaban J connectivity index is 0.000000326. The molecular formula is C64H88O15. The number of esters is 1. The molecule has 0 fully saturated rings. The second-order valence-electron chi connectivity index (χ2n) is 24.0. The minimum Gasteiger partial charge on any atom is -0.508 e. The molecule has 0 aromatic heterocycles. The molecule has 434 valence electrons. The Labute approximate surface area is 468 Å². The highest BCUT2D eigenvalue weighted by Gasteiger charge is 2.26. The lowest BCUT2D eigenvalue weighted by atomic mass is 9.81. The predicted octanol–water partition coefficient (Wildman–Crippen LogP) is 14.6. The van der Waals surface area contributed by atoms with Crippen LogP contribution in [0.4, 0.5) is 0 Å². The standard InChI is InChI=1S/C14H22O2.2C11H16O2.C10H12O5.C10H14O2.C8H8O2/c1-13(2,3)9-7-12(16)10(8-11(9)15)14(4,5)6;1-11(2,3)9-7-8(13-4)5-6-10(9)12;1-11(2,3)9-7-8(12)5-6-10(9)13-4;1-2-3-15-10(14)6-4-7(11)9(13)8(12)5-6;1-10(2,3)8-6-7(11)4-5-9(8)12;1-6-2-3-7-8(4-6)10-5-9-7/h7-8,15-16H,1-6H3;2*5-7,12H,1-4H3;4-5,11-13H,2-3H2,1H3;4-6,11-12H,1-3H3;2-4H,5H2,1H3. The summed E-state index contributed by atoms with van der Waals surface area (Å²) in [6.07, 6.45) is 0.682. The second-order valence-corrected chi connectivity index (χ2v) is 24.0. The number of hydrogen-bond acceptors (Lipinski definition) is 15. The number of ether oxygens (including phenoxy) is 5. The van der Waals surface area contributed by atoms with Crippen LogP contribution in [-0.2, 0) is 31.8 Å². The average Bonchev–Trinajstić information content (AvgIpc) is 3.81. The van der Waals surface area contributed by atoms with Crippen LogP contribution in [0.1, 0.15) is 161 Å². The van der Waals surface area contributed by atoms with Gasteiger partial charge in [-0.05, 0) is 137 Å². The molecule has 1 heterocycles. The van der Waals surface area contributed by atoms with E-state index in [9.17, 15) is 35.4 Å². The summed E-state index contributed by atoms with van der Waals surface area (Å²) >= 11 is 0. The molecule has 0 bridgehead atoms. The van der Waals surface area contributed by atoms with Gasteiger partial charge in [0, 0.05) is 27.8 Å². The molecule has 15 heteroatoms. The van der Waals surface area contributed by atoms with Gasteiger partial charge in [0.25, 0.3) is 0 Å². The normalized spacial score (nSPS) is 11.7. The SMILES string of the molecule is CC(C)(C)c1cc(O)c(C(C)(C)C)cc1O.CC(C)(C)c1cc(O)ccc1O.CCCOC(=O)c1cc(O)c(O)c(O)c1.COc1ccc(O)c(C(C)(C)C)c1.COc1ccc(O)cc1C(C)(C)C.Cc1ccc2c(c1)OCO2. The van der Waals surface area contributed by atoms with E-state index in [1.165, 1.54) is 17.7 Å². The molecule has 6 aromatic carbocycles. The Morgan fingerprint density at radius 3 is 1.30 bits per heavy atom. The maximum Gasteiger partial charge on any atom is 0.338 e. The molecule has 0 radical (unpaired) electrons. The number of aromatic hydroxyl groups is 9. The molecule has 15 nitrogen and oxygen atoms in total. The van der Waals surface area contributed by atoms with Crippen LogP contribution >= 0.6 is 0 Å². The number of phenols is 9. The van der Waals surface area contributed by atoms with Crippen molar-refractivity contribution >= 4 is 5.97 Å². The van der Waals surface area contributed by atoms with Crippen molar-refractivity contribution in [3.8, 4) is 74.7 Å². The number of rotatable bonds is 5. The summed E-state index contributed by atoms with van der Waals surface area (Å²) in [5, 5.41) is 84.9. The Bertz CT molecular complexity index is 2860. The molecule has 1 aliphatic heterocycles. The fourth-order valence-electron chi connectivity index (χ4n) is 7.43. The first-order chi connectivity index (χ1) is 36.3. The predicted molar refractivity (Wildman–Crippen MR) is 312 cm³/mol. The van der Waals surface area contributed by atoms with Gasteiger partial charge in [0.05, 0.1) is 26.4 Å². The molecule has 0 saturated carbocycles. The zero-order valence-corrected chi connectivity index (χ0v) is 49.8. The van der Waals surface area contributed by atoms with Gasteiger partial charge in [-0.15, -0.1) is 0 Å². The Hall–Kier alpha value is -7.81. The van der Waals surface area contributed by atoms with Crippen molar-refractivity contribution in [2.24, 2.45) is 0 Å². The number of carbonyl (C=O) groups excluding carboxylic acids is 1. The van der Waals surface area contributed by atoms with Crippen molar-refractivity contribution in [2.45, 2.75) is 151 Å². The molecule has 0 atom stereocenters. The van der Waals surface area contributed by atoms with Crippen molar-refractivity contribution in [1.29, 1.82) is 0 Å². The number of aryl methyl sites for hydroxylation is 1. The van der Waals surface area contributed by atoms with Crippen LogP contribution in [0.3, 0.4) is 0 Å². The van der Waals surface area contributed by atoms with Crippen LogP contribution in [0.2, 0.25) is 0 Å². The van der Waals surface area contributed by atoms with Crippen molar-refractivity contribution in [2.75, 3.05) is 27.6 Å². The number of fused-ring (bicyclic) bond motifs is 1. The van der Waals surface area contributed by atoms with E-state index in [1.807, 2.05) is 100 Å². The molecule has 9 N–H and O–H groups in total. The highest BCUT2D eigenvalue weighted by molar-refractivity contribution is 5.91. The topological polar surface area (TPSA) is 245 Å². The van der Waals surface area contributed by atoms with Crippen LogP contribution in [0, 0.1) is 6.92 Å². The highest BCUT2D eigenvalue weighted by atomic mass is 16.7. The number of benzene rings is 6. The van der Waals surface area contributed by atoms with Crippen molar-refractivity contribution in [3.05, 3.63) is 136 Å². The Morgan fingerprint density at radius 1 is 0.456 bits per heavy atom. The minimum atomic E-state index is -0.651. The molecule has 1 aliphatic rings. The van der Waals surface area contributed by atoms with Gasteiger partial charge in [-0.1, -0.05) is 117 Å². The maximum absolute atomic E-state index is 11.3. The zero-order valence-electron chi connectivity index (χ0n) is 49.8. The Morgan fingerprint density at radius 2 is 0.873 bits per heavy atom. The molecule has 0 unspecified atom stereocenters. The molecule has 0 amide bonds. The molecule has 0 saturated heterocycles. The van der Waals surface area contributed by atoms with Crippen LogP contribution in [0.15, 0.2) is 97.1 Å². The van der Waals surface area contributed by atoms with E-state index in [-0.39, 0.29) is 68.0 Å². The summed E-state index contributed by atoms with van der Waals surface area (Å²) in [5.74, 6) is 2.46. The number of carbonyl (C=O) groups is 1. The summed E-state index contributed by atoms with van der Waals surface area (Å²) < 4.78 is 25.4. The number of hydrogen-bond donors (Lipinski definition) is 9. The van der Waals surface area contributed by atoms with Gasteiger partial charge in [0.1, 0.15) is 46.0 Å². The van der Waals surface area contributed by atoms with Gasteiger partial charge < -0.3 is 69.6 Å². The van der Waals surface area contributed by atoms with E-state index >= 15 is 0 Å². The summed E-state index contributed by atoms with van der Waals surface area (Å²) in [4.78, 5) is 11.3. The van der Waals surface area contributed by atoms with Crippen molar-refractivity contribution in [1.82, 2.24) is 0 Å². The van der Waals surface area contributed by atoms with Crippen LogP contribution in [0.25, 0.3) is 0 Å². The van der Waals surface area contributed by atoms with Crippen LogP contribution < -0.4 is 18.9 Å². The lowest BCUT2D eigenvalue weighted by Gasteiger charge is -2.25. The van der Waals surface area contributed by atoms with Gasteiger partial charge in [-0.2, -0.15) is 0 Å². The third-order valence-electron chi connectivity index (χ3n) is 11.8. The molecule has 0 aliphatic carbocycles. The Kier molecular flexibility index (Phi) is 24.0. The summed E-state index contributed by atoms with van der Waals surface area (Å²) in [7, 11) is 3.26. The largest absolute Gasteiger partial charge is 0.508 e. The second kappa shape index (κ2) is 28.2. The van der Waals surface area contributed by atoms with E-state index in [2.05, 4.69) is 41.5 Å². The molecular weight excluding hydrogens is 1010 g/mol. The van der Waals surface area contributed by atoms with Crippen LogP contribution in [0.5, 0.6) is 74.7 Å². The fraction of sp³-hybridized carbons (Fsp3) is 0.422. The first-order valence-electron chi connectivity index (χ1n) is 25.9. The number of phenolic OH excluding ortho intramolecular Hbond substituents is 9. The van der Waals surface area contributed by atoms with E-state index in [1.54, 1.807) is 62.8 Å². The fourth-order valence-corrected chi connectivity index (χ4v) is 7.43. The van der Waals surface area contributed by atoms with Gasteiger partial charge in [0.15, 0.2) is 28.7 Å². The molecule has 6 aromatic rings. The van der Waals surface area contributed by atoms with Gasteiger partial charge in [0.2, 0.25) is 6.79 Å². The summed E-state index contributed by atoms with van der Waals surface area (Å²) in [6, 6.07) is 26.4. The van der Waals surface area contributed by atoms with E-state index in [4.69, 9.17) is 39.0 Å². The number of methoxy groups -OCH3 is 2. The smallest absolute Gasteiger partial charge is 0.338 e. The van der Waals surface area contributed by atoms with Crippen LogP contribution in [-0.4, -0.2) is 79.5 Å². The van der Waals surface area contributed by atoms with Crippen molar-refractivity contribution in [3.63, 3.8) is 0 Å². The highest BCUT2D eigenvalue weighted by Crippen LogP contribution is 2.41. The molecule has 0 spiro atoms. The van der Waals surface area contributed by atoms with Crippen molar-refractivity contribution < 1.29 is 74.4 Å². The van der Waals surface area contributed by atoms with E-state index < -0.39 is 23.2 Å². The van der Waals surface area contributed by atoms with Gasteiger partial charge in [-0.3, -0.25) is 0 Å².